The highest BCUT2D eigenvalue weighted by Gasteiger charge is 2.21. The number of rotatable bonds is 14. The molecular formula is C24H38O6. The summed E-state index contributed by atoms with van der Waals surface area (Å²) in [5, 5.41) is 18.9. The van der Waals surface area contributed by atoms with Gasteiger partial charge in [0.05, 0.1) is 36.5 Å². The van der Waals surface area contributed by atoms with Crippen LogP contribution in [0.2, 0.25) is 0 Å². The van der Waals surface area contributed by atoms with Crippen molar-refractivity contribution in [3.05, 3.63) is 35.4 Å². The molecule has 1 aromatic rings. The summed E-state index contributed by atoms with van der Waals surface area (Å²) in [5.41, 5.74) is 0.398. The van der Waals surface area contributed by atoms with Crippen LogP contribution in [-0.4, -0.2) is 47.6 Å². The van der Waals surface area contributed by atoms with Crippen molar-refractivity contribution in [1.82, 2.24) is 0 Å². The molecule has 2 N–H and O–H groups in total. The van der Waals surface area contributed by atoms with E-state index in [4.69, 9.17) is 9.47 Å². The van der Waals surface area contributed by atoms with Gasteiger partial charge in [-0.3, -0.25) is 0 Å². The van der Waals surface area contributed by atoms with Crippen molar-refractivity contribution >= 4 is 11.9 Å². The predicted octanol–water partition coefficient (Wildman–Crippen LogP) is 4.37. The van der Waals surface area contributed by atoms with Gasteiger partial charge in [-0.1, -0.05) is 38.8 Å². The van der Waals surface area contributed by atoms with Crippen molar-refractivity contribution in [3.8, 4) is 0 Å². The molecule has 30 heavy (non-hydrogen) atoms. The van der Waals surface area contributed by atoms with E-state index in [1.165, 1.54) is 0 Å². The number of hydrogen-bond acceptors (Lipinski definition) is 6. The van der Waals surface area contributed by atoms with Crippen LogP contribution in [-0.2, 0) is 9.47 Å². The van der Waals surface area contributed by atoms with E-state index in [2.05, 4.69) is 0 Å². The first-order valence-electron chi connectivity index (χ1n) is 11.1. The molecule has 0 spiro atoms. The van der Waals surface area contributed by atoms with Gasteiger partial charge in [-0.25, -0.2) is 9.59 Å². The quantitative estimate of drug-likeness (QED) is 0.432. The van der Waals surface area contributed by atoms with Crippen LogP contribution >= 0.6 is 0 Å². The second-order valence-electron chi connectivity index (χ2n) is 8.14. The Morgan fingerprint density at radius 2 is 1.13 bits per heavy atom. The number of hydrogen-bond donors (Lipinski definition) is 2. The van der Waals surface area contributed by atoms with Gasteiger partial charge in [-0.15, -0.1) is 0 Å². The van der Waals surface area contributed by atoms with E-state index in [-0.39, 0.29) is 48.4 Å². The van der Waals surface area contributed by atoms with Gasteiger partial charge >= 0.3 is 11.9 Å². The second kappa shape index (κ2) is 14.1. The first-order chi connectivity index (χ1) is 14.3. The summed E-state index contributed by atoms with van der Waals surface area (Å²) in [6.45, 7) is 8.04. The fraction of sp³-hybridized carbons (Fsp3) is 0.667. The summed E-state index contributed by atoms with van der Waals surface area (Å²) < 4.78 is 10.9. The van der Waals surface area contributed by atoms with Crippen LogP contribution in [0.5, 0.6) is 0 Å². The first-order valence-corrected chi connectivity index (χ1v) is 11.1. The number of carbonyl (C=O) groups is 2. The molecule has 6 heteroatoms. The topological polar surface area (TPSA) is 93.1 Å². The van der Waals surface area contributed by atoms with Gasteiger partial charge in [-0.05, 0) is 63.5 Å². The monoisotopic (exact) mass is 422 g/mol. The molecule has 0 radical (unpaired) electrons. The lowest BCUT2D eigenvalue weighted by Gasteiger charge is -2.18. The van der Waals surface area contributed by atoms with Crippen molar-refractivity contribution in [1.29, 1.82) is 0 Å². The number of aliphatic hydroxyl groups is 2. The van der Waals surface area contributed by atoms with Crippen molar-refractivity contribution in [2.75, 3.05) is 13.2 Å². The van der Waals surface area contributed by atoms with E-state index in [1.54, 1.807) is 38.1 Å². The minimum atomic E-state index is -0.542. The largest absolute Gasteiger partial charge is 0.462 e. The van der Waals surface area contributed by atoms with E-state index in [1.807, 2.05) is 13.8 Å². The van der Waals surface area contributed by atoms with Crippen LogP contribution in [0.4, 0.5) is 0 Å². The Hall–Kier alpha value is -1.92. The van der Waals surface area contributed by atoms with E-state index >= 15 is 0 Å². The van der Waals surface area contributed by atoms with Crippen LogP contribution in [0.25, 0.3) is 0 Å². The maximum Gasteiger partial charge on any atom is 0.339 e. The molecule has 1 rings (SSSR count). The highest BCUT2D eigenvalue weighted by Crippen LogP contribution is 2.18. The van der Waals surface area contributed by atoms with Gasteiger partial charge in [0.2, 0.25) is 0 Å². The zero-order chi connectivity index (χ0) is 22.5. The lowest BCUT2D eigenvalue weighted by Crippen LogP contribution is -2.20. The standard InChI is InChI=1S/C24H38O6/c1-5-19(13-11-17(3)25)15-29-23(27)21-9-7-8-10-22(21)24(28)30-16-20(6-2)14-12-18(4)26/h7-10,17-20,25-26H,5-6,11-16H2,1-4H3. The van der Waals surface area contributed by atoms with E-state index in [0.717, 1.165) is 25.7 Å². The molecule has 4 unspecified atom stereocenters. The summed E-state index contributed by atoms with van der Waals surface area (Å²) in [4.78, 5) is 25.2. The molecule has 0 aromatic heterocycles. The minimum absolute atomic E-state index is 0.168. The molecule has 0 saturated carbocycles. The lowest BCUT2D eigenvalue weighted by atomic mass is 9.99. The zero-order valence-corrected chi connectivity index (χ0v) is 18.8. The van der Waals surface area contributed by atoms with Gasteiger partial charge in [0, 0.05) is 0 Å². The maximum absolute atomic E-state index is 12.6. The number of carbonyl (C=O) groups excluding carboxylic acids is 2. The Bertz CT molecular complexity index is 585. The fourth-order valence-electron chi connectivity index (χ4n) is 3.15. The van der Waals surface area contributed by atoms with Gasteiger partial charge < -0.3 is 19.7 Å². The molecular weight excluding hydrogens is 384 g/mol. The van der Waals surface area contributed by atoms with Crippen molar-refractivity contribution in [2.45, 2.75) is 78.4 Å². The molecule has 0 aliphatic heterocycles. The average Bonchev–Trinajstić information content (AvgIpc) is 2.73. The third-order valence-corrected chi connectivity index (χ3v) is 5.41. The van der Waals surface area contributed by atoms with Crippen molar-refractivity contribution in [2.24, 2.45) is 11.8 Å². The minimum Gasteiger partial charge on any atom is -0.462 e. The molecule has 0 heterocycles. The average molecular weight is 423 g/mol. The maximum atomic E-state index is 12.6. The van der Waals surface area contributed by atoms with Gasteiger partial charge in [0.25, 0.3) is 0 Å². The van der Waals surface area contributed by atoms with Crippen LogP contribution in [0.3, 0.4) is 0 Å². The number of aliphatic hydroxyl groups excluding tert-OH is 2. The molecule has 0 amide bonds. The Morgan fingerprint density at radius 3 is 1.43 bits per heavy atom. The van der Waals surface area contributed by atoms with E-state index < -0.39 is 11.9 Å². The van der Waals surface area contributed by atoms with Gasteiger partial charge in [0.1, 0.15) is 0 Å². The smallest absolute Gasteiger partial charge is 0.339 e. The number of ether oxygens (including phenoxy) is 2. The molecule has 1 aromatic carbocycles. The zero-order valence-electron chi connectivity index (χ0n) is 18.8. The molecule has 170 valence electrons. The summed E-state index contributed by atoms with van der Waals surface area (Å²) in [6, 6.07) is 6.52. The summed E-state index contributed by atoms with van der Waals surface area (Å²) >= 11 is 0. The molecule has 0 aliphatic rings. The highest BCUT2D eigenvalue weighted by atomic mass is 16.5. The summed E-state index contributed by atoms with van der Waals surface area (Å²) in [6.07, 6.45) is 3.80. The Morgan fingerprint density at radius 1 is 0.767 bits per heavy atom. The van der Waals surface area contributed by atoms with Gasteiger partial charge in [-0.2, -0.15) is 0 Å². The normalized spacial score (nSPS) is 15.1. The summed E-state index contributed by atoms with van der Waals surface area (Å²) in [5.74, 6) is -0.748. The first kappa shape index (κ1) is 26.1. The third-order valence-electron chi connectivity index (χ3n) is 5.41. The van der Waals surface area contributed by atoms with Crippen LogP contribution in [0, 0.1) is 11.8 Å². The van der Waals surface area contributed by atoms with Crippen LogP contribution in [0.1, 0.15) is 86.9 Å². The fourth-order valence-corrected chi connectivity index (χ4v) is 3.15. The Labute approximate surface area is 180 Å². The van der Waals surface area contributed by atoms with Crippen molar-refractivity contribution in [3.63, 3.8) is 0 Å². The van der Waals surface area contributed by atoms with E-state index in [0.29, 0.717) is 12.8 Å². The molecule has 0 aliphatic carbocycles. The number of benzene rings is 1. The van der Waals surface area contributed by atoms with Crippen LogP contribution in [0.15, 0.2) is 24.3 Å². The van der Waals surface area contributed by atoms with Gasteiger partial charge in [0.15, 0.2) is 0 Å². The Kier molecular flexibility index (Phi) is 12.3. The third kappa shape index (κ3) is 9.72. The van der Waals surface area contributed by atoms with Crippen LogP contribution < -0.4 is 0 Å². The summed E-state index contributed by atoms with van der Waals surface area (Å²) in [7, 11) is 0. The van der Waals surface area contributed by atoms with Crippen molar-refractivity contribution < 1.29 is 29.3 Å². The SMILES string of the molecule is CCC(CCC(C)O)COC(=O)c1ccccc1C(=O)OCC(CC)CCC(C)O. The molecule has 6 nitrogen and oxygen atoms in total. The predicted molar refractivity (Wildman–Crippen MR) is 116 cm³/mol. The highest BCUT2D eigenvalue weighted by molar-refractivity contribution is 6.03. The molecule has 0 saturated heterocycles. The molecule has 4 atom stereocenters. The lowest BCUT2D eigenvalue weighted by molar-refractivity contribution is 0.0371. The van der Waals surface area contributed by atoms with E-state index in [9.17, 15) is 19.8 Å². The molecule has 0 fully saturated rings. The Balaban J connectivity index is 2.69. The number of esters is 2. The second-order valence-corrected chi connectivity index (χ2v) is 8.14. The molecule has 0 bridgehead atoms.